The van der Waals surface area contributed by atoms with Crippen LogP contribution in [0.2, 0.25) is 0 Å². The molecular formula is C14H16O2. The molecule has 3 rings (SSSR count). The quantitative estimate of drug-likeness (QED) is 0.583. The summed E-state index contributed by atoms with van der Waals surface area (Å²) in [5, 5.41) is 0. The molecule has 0 amide bonds. The first-order chi connectivity index (χ1) is 7.77. The number of hydrogen-bond acceptors (Lipinski definition) is 2. The van der Waals surface area contributed by atoms with Gasteiger partial charge in [0, 0.05) is 12.0 Å². The zero-order valence-corrected chi connectivity index (χ0v) is 9.47. The number of ketones is 2. The molecule has 0 N–H and O–H groups in total. The Morgan fingerprint density at radius 2 is 1.38 bits per heavy atom. The normalized spacial score (nSPS) is 25.8. The van der Waals surface area contributed by atoms with Crippen LogP contribution in [0.15, 0.2) is 22.3 Å². The summed E-state index contributed by atoms with van der Waals surface area (Å²) in [6, 6.07) is 0. The third-order valence-corrected chi connectivity index (χ3v) is 4.10. The lowest BCUT2D eigenvalue weighted by Crippen LogP contribution is -2.27. The highest BCUT2D eigenvalue weighted by Crippen LogP contribution is 2.42. The average Bonchev–Trinajstić information content (AvgIpc) is 2.33. The Labute approximate surface area is 95.4 Å². The fourth-order valence-electron chi connectivity index (χ4n) is 3.25. The van der Waals surface area contributed by atoms with Crippen LogP contribution in [0.3, 0.4) is 0 Å². The highest BCUT2D eigenvalue weighted by atomic mass is 16.2. The van der Waals surface area contributed by atoms with Gasteiger partial charge < -0.3 is 0 Å². The van der Waals surface area contributed by atoms with Gasteiger partial charge in [0.2, 0.25) is 11.6 Å². The van der Waals surface area contributed by atoms with Crippen molar-refractivity contribution in [2.75, 3.05) is 0 Å². The summed E-state index contributed by atoms with van der Waals surface area (Å²) in [6.07, 6.45) is 8.03. The summed E-state index contributed by atoms with van der Waals surface area (Å²) >= 11 is 0. The Bertz CT molecular complexity index is 438. The molecule has 0 aromatic heterocycles. The van der Waals surface area contributed by atoms with E-state index in [1.807, 2.05) is 0 Å². The van der Waals surface area contributed by atoms with Crippen LogP contribution < -0.4 is 0 Å². The van der Waals surface area contributed by atoms with Crippen LogP contribution in [0.25, 0.3) is 0 Å². The largest absolute Gasteiger partial charge is 0.290 e. The van der Waals surface area contributed by atoms with E-state index in [1.54, 1.807) is 0 Å². The zero-order valence-electron chi connectivity index (χ0n) is 9.47. The lowest BCUT2D eigenvalue weighted by Gasteiger charge is -2.30. The van der Waals surface area contributed by atoms with Gasteiger partial charge in [0.05, 0.1) is 0 Å². The fourth-order valence-corrected chi connectivity index (χ4v) is 3.25. The molecule has 0 saturated heterocycles. The van der Waals surface area contributed by atoms with Crippen LogP contribution in [0.1, 0.15) is 51.4 Å². The zero-order chi connectivity index (χ0) is 11.1. The second-order valence-electron chi connectivity index (χ2n) is 5.02. The molecule has 2 nitrogen and oxygen atoms in total. The number of fused-ring (bicyclic) bond motifs is 1. The number of carbonyl (C=O) groups excluding carboxylic acids is 2. The summed E-state index contributed by atoms with van der Waals surface area (Å²) in [7, 11) is 0. The second kappa shape index (κ2) is 3.69. The summed E-state index contributed by atoms with van der Waals surface area (Å²) in [5.74, 6) is -0.353. The molecule has 0 fully saturated rings. The van der Waals surface area contributed by atoms with Crippen molar-refractivity contribution in [3.63, 3.8) is 0 Å². The summed E-state index contributed by atoms with van der Waals surface area (Å²) < 4.78 is 0. The molecule has 0 heterocycles. The van der Waals surface area contributed by atoms with E-state index in [2.05, 4.69) is 0 Å². The molecule has 0 aromatic rings. The number of Topliss-reactive ketones (excluding diaryl/α,β-unsaturated/α-hetero) is 2. The number of hydrogen-bond donors (Lipinski definition) is 0. The first-order valence-electron chi connectivity index (χ1n) is 6.28. The molecule has 0 bridgehead atoms. The van der Waals surface area contributed by atoms with Gasteiger partial charge in [-0.15, -0.1) is 0 Å². The van der Waals surface area contributed by atoms with Crippen molar-refractivity contribution in [1.29, 1.82) is 0 Å². The van der Waals surface area contributed by atoms with Crippen molar-refractivity contribution >= 4 is 11.6 Å². The standard InChI is InChI=1S/C14H16O2/c15-12-8-7-10-6-5-9-3-1-2-4-11(9)13(10)14(12)16/h1-8H2. The molecule has 0 radical (unpaired) electrons. The molecule has 0 aliphatic heterocycles. The van der Waals surface area contributed by atoms with E-state index >= 15 is 0 Å². The molecule has 2 heteroatoms. The van der Waals surface area contributed by atoms with E-state index in [0.29, 0.717) is 6.42 Å². The molecule has 3 aliphatic carbocycles. The van der Waals surface area contributed by atoms with E-state index in [0.717, 1.165) is 37.7 Å². The summed E-state index contributed by atoms with van der Waals surface area (Å²) in [5.41, 5.74) is 4.83. The molecule has 0 unspecified atom stereocenters. The SMILES string of the molecule is O=C1CCC2=C(C1=O)C1=C(CCCC1)CC2. The van der Waals surface area contributed by atoms with Crippen molar-refractivity contribution in [3.05, 3.63) is 22.3 Å². The average molecular weight is 216 g/mol. The van der Waals surface area contributed by atoms with Gasteiger partial charge in [0.1, 0.15) is 0 Å². The Hall–Kier alpha value is -1.18. The predicted octanol–water partition coefficient (Wildman–Crippen LogP) is 2.88. The molecule has 0 spiro atoms. The van der Waals surface area contributed by atoms with E-state index < -0.39 is 0 Å². The molecule has 0 atom stereocenters. The number of allylic oxidation sites excluding steroid dienone is 4. The maximum atomic E-state index is 12.0. The van der Waals surface area contributed by atoms with Crippen LogP contribution in [0.4, 0.5) is 0 Å². The van der Waals surface area contributed by atoms with Crippen molar-refractivity contribution < 1.29 is 9.59 Å². The van der Waals surface area contributed by atoms with Crippen LogP contribution in [-0.2, 0) is 9.59 Å². The van der Waals surface area contributed by atoms with Gasteiger partial charge in [-0.05, 0) is 50.5 Å². The van der Waals surface area contributed by atoms with Gasteiger partial charge in [-0.3, -0.25) is 9.59 Å². The highest BCUT2D eigenvalue weighted by Gasteiger charge is 2.33. The van der Waals surface area contributed by atoms with Crippen LogP contribution in [-0.4, -0.2) is 11.6 Å². The molecule has 0 aromatic carbocycles. The molecule has 0 saturated carbocycles. The molecule has 3 aliphatic rings. The minimum atomic E-state index is -0.185. The highest BCUT2D eigenvalue weighted by molar-refractivity contribution is 6.45. The van der Waals surface area contributed by atoms with Crippen molar-refractivity contribution in [2.45, 2.75) is 51.4 Å². The molecular weight excluding hydrogens is 200 g/mol. The summed E-state index contributed by atoms with van der Waals surface area (Å²) in [6.45, 7) is 0. The lowest BCUT2D eigenvalue weighted by molar-refractivity contribution is -0.134. The van der Waals surface area contributed by atoms with Crippen molar-refractivity contribution in [2.24, 2.45) is 0 Å². The first-order valence-corrected chi connectivity index (χ1v) is 6.28. The molecule has 16 heavy (non-hydrogen) atoms. The first kappa shape index (κ1) is 10.0. The Morgan fingerprint density at radius 1 is 0.688 bits per heavy atom. The second-order valence-corrected chi connectivity index (χ2v) is 5.02. The van der Waals surface area contributed by atoms with Crippen molar-refractivity contribution in [3.8, 4) is 0 Å². The smallest absolute Gasteiger partial charge is 0.228 e. The van der Waals surface area contributed by atoms with Gasteiger partial charge in [0.15, 0.2) is 0 Å². The maximum absolute atomic E-state index is 12.0. The lowest BCUT2D eigenvalue weighted by atomic mass is 9.73. The topological polar surface area (TPSA) is 34.1 Å². The third-order valence-electron chi connectivity index (χ3n) is 4.10. The van der Waals surface area contributed by atoms with Gasteiger partial charge >= 0.3 is 0 Å². The Balaban J connectivity index is 2.09. The predicted molar refractivity (Wildman–Crippen MR) is 61.0 cm³/mol. The minimum Gasteiger partial charge on any atom is -0.290 e. The molecule has 84 valence electrons. The van der Waals surface area contributed by atoms with Gasteiger partial charge in [-0.1, -0.05) is 11.1 Å². The van der Waals surface area contributed by atoms with Crippen molar-refractivity contribution in [1.82, 2.24) is 0 Å². The van der Waals surface area contributed by atoms with Gasteiger partial charge in [-0.2, -0.15) is 0 Å². The third kappa shape index (κ3) is 1.40. The van der Waals surface area contributed by atoms with E-state index in [4.69, 9.17) is 0 Å². The van der Waals surface area contributed by atoms with Crippen LogP contribution >= 0.6 is 0 Å². The van der Waals surface area contributed by atoms with Crippen LogP contribution in [0, 0.1) is 0 Å². The van der Waals surface area contributed by atoms with E-state index in [1.165, 1.54) is 29.6 Å². The van der Waals surface area contributed by atoms with Gasteiger partial charge in [0.25, 0.3) is 0 Å². The van der Waals surface area contributed by atoms with E-state index in [-0.39, 0.29) is 11.6 Å². The Morgan fingerprint density at radius 3 is 2.25 bits per heavy atom. The van der Waals surface area contributed by atoms with E-state index in [9.17, 15) is 9.59 Å². The fraction of sp³-hybridized carbons (Fsp3) is 0.571. The van der Waals surface area contributed by atoms with Crippen LogP contribution in [0.5, 0.6) is 0 Å². The number of carbonyl (C=O) groups is 2. The van der Waals surface area contributed by atoms with Gasteiger partial charge in [-0.25, -0.2) is 0 Å². The monoisotopic (exact) mass is 216 g/mol. The minimum absolute atomic E-state index is 0.168. The number of rotatable bonds is 0. The summed E-state index contributed by atoms with van der Waals surface area (Å²) in [4.78, 5) is 23.5. The maximum Gasteiger partial charge on any atom is 0.228 e. The Kier molecular flexibility index (Phi) is 2.31.